The predicted octanol–water partition coefficient (Wildman–Crippen LogP) is 0.707. The molecule has 4 atom stereocenters. The maximum atomic E-state index is 9.73. The average molecular weight is 408 g/mol. The summed E-state index contributed by atoms with van der Waals surface area (Å²) in [5.41, 5.74) is 0. The van der Waals surface area contributed by atoms with Crippen LogP contribution in [0.2, 0.25) is 0 Å². The lowest BCUT2D eigenvalue weighted by molar-refractivity contribution is -0.271. The second-order valence-electron chi connectivity index (χ2n) is 6.70. The predicted molar refractivity (Wildman–Crippen MR) is 105 cm³/mol. The first kappa shape index (κ1) is 21.9. The number of aliphatic hydroxyl groups is 3. The summed E-state index contributed by atoms with van der Waals surface area (Å²) in [5, 5.41) is 31.0. The lowest BCUT2D eigenvalue weighted by atomic mass is 10.1. The number of ether oxygens (including phenoxy) is 5. The maximum Gasteiger partial charge on any atom is 0.186 e. The van der Waals surface area contributed by atoms with Crippen molar-refractivity contribution in [3.05, 3.63) is 42.5 Å². The number of hydrogen-bond acceptors (Lipinski definition) is 8. The minimum atomic E-state index is -1.29. The van der Waals surface area contributed by atoms with Crippen LogP contribution < -0.4 is 4.74 Å². The van der Waals surface area contributed by atoms with Crippen LogP contribution in [0.15, 0.2) is 42.5 Å². The monoisotopic (exact) mass is 408 g/mol. The van der Waals surface area contributed by atoms with Crippen molar-refractivity contribution in [3.63, 3.8) is 0 Å². The van der Waals surface area contributed by atoms with E-state index in [2.05, 4.69) is 6.07 Å². The van der Waals surface area contributed by atoms with Gasteiger partial charge in [-0.2, -0.15) is 0 Å². The summed E-state index contributed by atoms with van der Waals surface area (Å²) in [6, 6.07) is 14.1. The summed E-state index contributed by atoms with van der Waals surface area (Å²) in [6.45, 7) is 2.13. The Morgan fingerprint density at radius 1 is 0.793 bits per heavy atom. The third kappa shape index (κ3) is 6.61. The molecule has 3 rings (SSSR count). The Labute approximate surface area is 169 Å². The highest BCUT2D eigenvalue weighted by Gasteiger charge is 2.38. The zero-order valence-corrected chi connectivity index (χ0v) is 16.2. The molecule has 0 bridgehead atoms. The number of aliphatic hydroxyl groups excluding tert-OH is 3. The Morgan fingerprint density at radius 2 is 1.48 bits per heavy atom. The molecule has 1 heterocycles. The van der Waals surface area contributed by atoms with Crippen LogP contribution in [-0.4, -0.2) is 86.2 Å². The second kappa shape index (κ2) is 11.4. The molecule has 0 radical (unpaired) electrons. The van der Waals surface area contributed by atoms with E-state index in [9.17, 15) is 15.3 Å². The molecule has 160 valence electrons. The molecule has 0 spiro atoms. The molecule has 29 heavy (non-hydrogen) atoms. The molecule has 8 heteroatoms. The van der Waals surface area contributed by atoms with E-state index in [-0.39, 0.29) is 13.2 Å². The molecule has 2 aromatic rings. The van der Waals surface area contributed by atoms with E-state index in [1.165, 1.54) is 5.39 Å². The Bertz CT molecular complexity index is 739. The van der Waals surface area contributed by atoms with Gasteiger partial charge in [0.05, 0.1) is 39.6 Å². The highest BCUT2D eigenvalue weighted by atomic mass is 16.7. The highest BCUT2D eigenvalue weighted by Crippen LogP contribution is 2.20. The Kier molecular flexibility index (Phi) is 8.63. The van der Waals surface area contributed by atoms with Crippen molar-refractivity contribution in [2.75, 3.05) is 46.2 Å². The van der Waals surface area contributed by atoms with Crippen LogP contribution >= 0.6 is 0 Å². The lowest BCUT2D eigenvalue weighted by Gasteiger charge is -2.34. The van der Waals surface area contributed by atoms with Crippen LogP contribution in [0.3, 0.4) is 0 Å². The van der Waals surface area contributed by atoms with Crippen LogP contribution in [0.4, 0.5) is 0 Å². The van der Waals surface area contributed by atoms with Crippen LogP contribution in [0.5, 0.6) is 5.75 Å². The molecule has 0 saturated carbocycles. The van der Waals surface area contributed by atoms with E-state index in [0.717, 1.165) is 11.1 Å². The number of fused-ring (bicyclic) bond motifs is 1. The van der Waals surface area contributed by atoms with Gasteiger partial charge in [0, 0.05) is 0 Å². The van der Waals surface area contributed by atoms with E-state index in [1.807, 2.05) is 36.4 Å². The number of benzene rings is 2. The van der Waals surface area contributed by atoms with Crippen molar-refractivity contribution in [2.45, 2.75) is 24.6 Å². The Morgan fingerprint density at radius 3 is 2.28 bits per heavy atom. The van der Waals surface area contributed by atoms with Gasteiger partial charge in [-0.15, -0.1) is 0 Å². The normalized spacial score (nSPS) is 24.7. The standard InChI is InChI=1S/C21H28O8/c22-18-14-29-21(20(24)19(18)23)28-12-10-26-8-7-25-9-11-27-17-6-5-15-3-1-2-4-16(15)13-17/h1-6,13,18-24H,7-12,14H2/t18-,19+,20-,21-/m1/s1. The molecular weight excluding hydrogens is 380 g/mol. The number of hydrogen-bond donors (Lipinski definition) is 3. The fourth-order valence-corrected chi connectivity index (χ4v) is 2.95. The first-order valence-electron chi connectivity index (χ1n) is 9.69. The van der Waals surface area contributed by atoms with Crippen molar-refractivity contribution in [2.24, 2.45) is 0 Å². The fraction of sp³-hybridized carbons (Fsp3) is 0.524. The second-order valence-corrected chi connectivity index (χ2v) is 6.70. The van der Waals surface area contributed by atoms with Gasteiger partial charge in [0.25, 0.3) is 0 Å². The molecule has 1 fully saturated rings. The van der Waals surface area contributed by atoms with Crippen LogP contribution in [-0.2, 0) is 18.9 Å². The first-order valence-corrected chi connectivity index (χ1v) is 9.69. The molecule has 1 aliphatic heterocycles. The van der Waals surface area contributed by atoms with E-state index in [1.54, 1.807) is 0 Å². The third-order valence-electron chi connectivity index (χ3n) is 4.55. The molecule has 3 N–H and O–H groups in total. The van der Waals surface area contributed by atoms with Crippen molar-refractivity contribution >= 4 is 10.8 Å². The minimum absolute atomic E-state index is 0.0845. The molecule has 0 unspecified atom stereocenters. The molecule has 0 amide bonds. The average Bonchev–Trinajstić information content (AvgIpc) is 2.74. The van der Waals surface area contributed by atoms with Crippen LogP contribution in [0.25, 0.3) is 10.8 Å². The molecular formula is C21H28O8. The van der Waals surface area contributed by atoms with E-state index in [0.29, 0.717) is 33.0 Å². The summed E-state index contributed by atoms with van der Waals surface area (Å²) in [5.74, 6) is 0.811. The molecule has 1 aliphatic rings. The number of rotatable bonds is 11. The van der Waals surface area contributed by atoms with E-state index < -0.39 is 24.6 Å². The smallest absolute Gasteiger partial charge is 0.186 e. The summed E-state index contributed by atoms with van der Waals surface area (Å²) >= 11 is 0. The van der Waals surface area contributed by atoms with Crippen molar-refractivity contribution < 1.29 is 39.0 Å². The van der Waals surface area contributed by atoms with Gasteiger partial charge in [0.1, 0.15) is 30.7 Å². The zero-order valence-electron chi connectivity index (χ0n) is 16.2. The SMILES string of the molecule is O[C@@H]1[C@@H](O)[C@H](OCCOCCOCCOc2ccc3ccccc3c2)OC[C@H]1O. The summed E-state index contributed by atoms with van der Waals surface area (Å²) < 4.78 is 27.0. The first-order chi connectivity index (χ1) is 14.1. The molecule has 2 aromatic carbocycles. The maximum absolute atomic E-state index is 9.73. The van der Waals surface area contributed by atoms with Gasteiger partial charge in [0.2, 0.25) is 0 Å². The summed E-state index contributed by atoms with van der Waals surface area (Å²) in [4.78, 5) is 0. The van der Waals surface area contributed by atoms with Crippen molar-refractivity contribution in [1.29, 1.82) is 0 Å². The van der Waals surface area contributed by atoms with Crippen LogP contribution in [0.1, 0.15) is 0 Å². The summed E-state index contributed by atoms with van der Waals surface area (Å²) in [7, 11) is 0. The zero-order chi connectivity index (χ0) is 20.5. The molecule has 0 aromatic heterocycles. The van der Waals surface area contributed by atoms with E-state index in [4.69, 9.17) is 23.7 Å². The molecule has 8 nitrogen and oxygen atoms in total. The van der Waals surface area contributed by atoms with Gasteiger partial charge in [-0.1, -0.05) is 30.3 Å². The van der Waals surface area contributed by atoms with Crippen molar-refractivity contribution in [1.82, 2.24) is 0 Å². The van der Waals surface area contributed by atoms with Gasteiger partial charge in [-0.3, -0.25) is 0 Å². The van der Waals surface area contributed by atoms with Crippen LogP contribution in [0, 0.1) is 0 Å². The largest absolute Gasteiger partial charge is 0.491 e. The topological polar surface area (TPSA) is 107 Å². The Hall–Kier alpha value is -1.78. The van der Waals surface area contributed by atoms with Gasteiger partial charge in [-0.25, -0.2) is 0 Å². The summed E-state index contributed by atoms with van der Waals surface area (Å²) in [6.07, 6.45) is -4.64. The fourth-order valence-electron chi connectivity index (χ4n) is 2.95. The quantitative estimate of drug-likeness (QED) is 0.467. The highest BCUT2D eigenvalue weighted by molar-refractivity contribution is 5.83. The van der Waals surface area contributed by atoms with Crippen molar-refractivity contribution in [3.8, 4) is 5.75 Å². The van der Waals surface area contributed by atoms with Gasteiger partial charge < -0.3 is 39.0 Å². The van der Waals surface area contributed by atoms with Gasteiger partial charge >= 0.3 is 0 Å². The van der Waals surface area contributed by atoms with Gasteiger partial charge in [0.15, 0.2) is 6.29 Å². The third-order valence-corrected chi connectivity index (χ3v) is 4.55. The lowest BCUT2D eigenvalue weighted by Crippen LogP contribution is -2.53. The van der Waals surface area contributed by atoms with Gasteiger partial charge in [-0.05, 0) is 22.9 Å². The minimum Gasteiger partial charge on any atom is -0.491 e. The molecule has 0 aliphatic carbocycles. The Balaban J connectivity index is 1.18. The van der Waals surface area contributed by atoms with E-state index >= 15 is 0 Å². The molecule has 1 saturated heterocycles.